The molecular weight excluding hydrogens is 488 g/mol. The molecular formula is C33H32F4O. The van der Waals surface area contributed by atoms with Crippen LogP contribution >= 0.6 is 0 Å². The maximum absolute atomic E-state index is 15.3. The van der Waals surface area contributed by atoms with Crippen molar-refractivity contribution < 1.29 is 22.3 Å². The summed E-state index contributed by atoms with van der Waals surface area (Å²) in [5.74, 6) is -2.06. The summed E-state index contributed by atoms with van der Waals surface area (Å²) < 4.78 is 63.9. The molecule has 38 heavy (non-hydrogen) atoms. The monoisotopic (exact) mass is 520 g/mol. The highest BCUT2D eigenvalue weighted by atomic mass is 19.2. The van der Waals surface area contributed by atoms with Gasteiger partial charge in [0.2, 0.25) is 5.82 Å². The average Bonchev–Trinajstić information content (AvgIpc) is 2.96. The summed E-state index contributed by atoms with van der Waals surface area (Å²) in [5, 5.41) is 0. The molecule has 1 nitrogen and oxygen atoms in total. The van der Waals surface area contributed by atoms with Gasteiger partial charge in [-0.05, 0) is 91.5 Å². The van der Waals surface area contributed by atoms with Crippen LogP contribution in [0.5, 0.6) is 5.75 Å². The summed E-state index contributed by atoms with van der Waals surface area (Å²) in [6.07, 6.45) is 11.7. The van der Waals surface area contributed by atoms with Crippen LogP contribution in [0.1, 0.15) is 50.5 Å². The summed E-state index contributed by atoms with van der Waals surface area (Å²) in [4.78, 5) is 0. The van der Waals surface area contributed by atoms with Crippen molar-refractivity contribution in [1.82, 2.24) is 0 Å². The van der Waals surface area contributed by atoms with Crippen molar-refractivity contribution in [3.8, 4) is 28.0 Å². The lowest BCUT2D eigenvalue weighted by Gasteiger charge is -2.34. The molecule has 0 spiro atoms. The van der Waals surface area contributed by atoms with E-state index in [0.717, 1.165) is 24.8 Å². The lowest BCUT2D eigenvalue weighted by Crippen LogP contribution is -2.22. The molecule has 5 heteroatoms. The molecule has 3 aromatic rings. The molecule has 0 amide bonds. The molecule has 0 N–H and O–H groups in total. The molecule has 1 atom stereocenters. The fourth-order valence-corrected chi connectivity index (χ4v) is 6.14. The van der Waals surface area contributed by atoms with Gasteiger partial charge in [-0.25, -0.2) is 13.2 Å². The fraction of sp³-hybridized carbons (Fsp3) is 0.333. The summed E-state index contributed by atoms with van der Waals surface area (Å²) in [5.41, 5.74) is 2.27. The molecule has 198 valence electrons. The van der Waals surface area contributed by atoms with Crippen molar-refractivity contribution in [2.24, 2.45) is 17.8 Å². The van der Waals surface area contributed by atoms with Crippen LogP contribution < -0.4 is 4.74 Å². The summed E-state index contributed by atoms with van der Waals surface area (Å²) in [7, 11) is 1.27. The summed E-state index contributed by atoms with van der Waals surface area (Å²) in [6.45, 7) is 3.93. The number of methoxy groups -OCH3 is 1. The van der Waals surface area contributed by atoms with Crippen molar-refractivity contribution >= 4 is 5.57 Å². The van der Waals surface area contributed by atoms with E-state index in [1.807, 2.05) is 0 Å². The molecule has 0 aliphatic heterocycles. The van der Waals surface area contributed by atoms with E-state index >= 15 is 8.78 Å². The smallest absolute Gasteiger partial charge is 0.201 e. The molecule has 2 aliphatic rings. The highest BCUT2D eigenvalue weighted by molar-refractivity contribution is 5.74. The Morgan fingerprint density at radius 2 is 1.24 bits per heavy atom. The third-order valence-corrected chi connectivity index (χ3v) is 8.47. The van der Waals surface area contributed by atoms with E-state index < -0.39 is 23.3 Å². The summed E-state index contributed by atoms with van der Waals surface area (Å²) in [6, 6.07) is 12.3. The Morgan fingerprint density at radius 1 is 0.684 bits per heavy atom. The lowest BCUT2D eigenvalue weighted by atomic mass is 9.71. The Balaban J connectivity index is 1.32. The molecule has 0 bridgehead atoms. The molecule has 0 heterocycles. The van der Waals surface area contributed by atoms with Crippen LogP contribution in [0.3, 0.4) is 0 Å². The summed E-state index contributed by atoms with van der Waals surface area (Å²) >= 11 is 0. The van der Waals surface area contributed by atoms with Crippen LogP contribution in [-0.2, 0) is 0 Å². The Labute approximate surface area is 221 Å². The second-order valence-electron chi connectivity index (χ2n) is 10.5. The van der Waals surface area contributed by atoms with Gasteiger partial charge in [0.1, 0.15) is 0 Å². The topological polar surface area (TPSA) is 9.23 Å². The molecule has 1 saturated carbocycles. The van der Waals surface area contributed by atoms with Gasteiger partial charge in [-0.3, -0.25) is 0 Å². The Morgan fingerprint density at radius 3 is 1.79 bits per heavy atom. The average molecular weight is 521 g/mol. The van der Waals surface area contributed by atoms with Gasteiger partial charge < -0.3 is 4.74 Å². The van der Waals surface area contributed by atoms with Gasteiger partial charge in [0.15, 0.2) is 23.2 Å². The molecule has 0 radical (unpaired) electrons. The molecule has 2 aliphatic carbocycles. The number of ether oxygens (including phenoxy) is 1. The first-order valence-electron chi connectivity index (χ1n) is 13.3. The lowest BCUT2D eigenvalue weighted by molar-refractivity contribution is 0.212. The van der Waals surface area contributed by atoms with Crippen molar-refractivity contribution in [3.63, 3.8) is 0 Å². The maximum atomic E-state index is 15.3. The van der Waals surface area contributed by atoms with Crippen LogP contribution in [-0.4, -0.2) is 7.11 Å². The molecule has 1 fully saturated rings. The normalized spacial score (nSPS) is 21.6. The highest BCUT2D eigenvalue weighted by Gasteiger charge is 2.29. The Bertz CT molecular complexity index is 1350. The minimum Gasteiger partial charge on any atom is -0.494 e. The van der Waals surface area contributed by atoms with Crippen molar-refractivity contribution in [3.05, 3.63) is 96.1 Å². The van der Waals surface area contributed by atoms with Crippen LogP contribution in [0.4, 0.5) is 17.6 Å². The van der Waals surface area contributed by atoms with E-state index in [1.165, 1.54) is 44.9 Å². The number of halogens is 4. The third-order valence-electron chi connectivity index (χ3n) is 8.47. The van der Waals surface area contributed by atoms with Crippen LogP contribution in [0.25, 0.3) is 27.8 Å². The van der Waals surface area contributed by atoms with E-state index in [1.54, 1.807) is 36.4 Å². The predicted molar refractivity (Wildman–Crippen MR) is 145 cm³/mol. The number of hydrogen-bond donors (Lipinski definition) is 0. The van der Waals surface area contributed by atoms with Gasteiger partial charge >= 0.3 is 0 Å². The molecule has 1 unspecified atom stereocenters. The van der Waals surface area contributed by atoms with Gasteiger partial charge in [-0.1, -0.05) is 48.6 Å². The largest absolute Gasteiger partial charge is 0.494 e. The minimum absolute atomic E-state index is 0.0631. The zero-order valence-corrected chi connectivity index (χ0v) is 21.6. The second-order valence-corrected chi connectivity index (χ2v) is 10.5. The standard InChI is InChI=1S/C33H32F4O/c1-3-20-4-6-21(7-5-20)22-8-10-23(11-9-22)26-16-17-27(31(35)30(26)34)24-12-14-25(15-13-24)28-18-19-29(38-2)33(37)32(28)36/h3,10,12-22H,1,4-9,11H2,2H3. The fourth-order valence-electron chi connectivity index (χ4n) is 6.14. The Kier molecular flexibility index (Phi) is 7.73. The third kappa shape index (κ3) is 5.03. The molecule has 3 aromatic carbocycles. The maximum Gasteiger partial charge on any atom is 0.201 e. The van der Waals surface area contributed by atoms with E-state index in [9.17, 15) is 8.78 Å². The van der Waals surface area contributed by atoms with Gasteiger partial charge in [0.25, 0.3) is 0 Å². The first-order chi connectivity index (χ1) is 18.4. The molecule has 5 rings (SSSR count). The molecule has 0 aromatic heterocycles. The predicted octanol–water partition coefficient (Wildman–Crippen LogP) is 9.76. The van der Waals surface area contributed by atoms with Crippen molar-refractivity contribution in [2.75, 3.05) is 7.11 Å². The van der Waals surface area contributed by atoms with E-state index in [2.05, 4.69) is 18.7 Å². The quantitative estimate of drug-likeness (QED) is 0.232. The number of hydrogen-bond acceptors (Lipinski definition) is 1. The van der Waals surface area contributed by atoms with Gasteiger partial charge in [-0.15, -0.1) is 6.58 Å². The van der Waals surface area contributed by atoms with Crippen molar-refractivity contribution in [2.45, 2.75) is 44.9 Å². The van der Waals surface area contributed by atoms with Crippen LogP contribution in [0.15, 0.2) is 67.3 Å². The number of rotatable bonds is 6. The molecule has 0 saturated heterocycles. The highest BCUT2D eigenvalue weighted by Crippen LogP contribution is 2.42. The van der Waals surface area contributed by atoms with Crippen LogP contribution in [0, 0.1) is 41.0 Å². The van der Waals surface area contributed by atoms with Crippen LogP contribution in [0.2, 0.25) is 0 Å². The van der Waals surface area contributed by atoms with Gasteiger partial charge in [0, 0.05) is 16.7 Å². The Hall–Kier alpha value is -3.34. The van der Waals surface area contributed by atoms with Crippen molar-refractivity contribution in [1.29, 1.82) is 0 Å². The minimum atomic E-state index is -1.07. The zero-order valence-electron chi connectivity index (χ0n) is 21.6. The first-order valence-corrected chi connectivity index (χ1v) is 13.3. The SMILES string of the molecule is C=CC1CCC(C2CC=C(c3ccc(-c4ccc(-c5ccc(OC)c(F)c5F)cc4)c(F)c3F)CC2)CC1. The van der Waals surface area contributed by atoms with Gasteiger partial charge in [-0.2, -0.15) is 4.39 Å². The number of benzene rings is 3. The van der Waals surface area contributed by atoms with E-state index in [-0.39, 0.29) is 16.9 Å². The van der Waals surface area contributed by atoms with E-state index in [0.29, 0.717) is 34.4 Å². The number of allylic oxidation sites excluding steroid dienone is 3. The van der Waals surface area contributed by atoms with Gasteiger partial charge in [0.05, 0.1) is 7.11 Å². The van der Waals surface area contributed by atoms with E-state index in [4.69, 9.17) is 4.74 Å². The zero-order chi connectivity index (χ0) is 26.8. The second kappa shape index (κ2) is 11.2. The first kappa shape index (κ1) is 26.3.